The van der Waals surface area contributed by atoms with Crippen LogP contribution in [0, 0.1) is 12.7 Å². The fourth-order valence-electron chi connectivity index (χ4n) is 1.49. The third-order valence-corrected chi connectivity index (χ3v) is 4.09. The predicted molar refractivity (Wildman–Crippen MR) is 69.0 cm³/mol. The zero-order valence-corrected chi connectivity index (χ0v) is 11.3. The molecular formula is C11H9ClFN3O2S. The van der Waals surface area contributed by atoms with E-state index in [1.807, 2.05) is 0 Å². The Labute approximate surface area is 114 Å². The fraction of sp³-hybridized carbons (Fsp3) is 0.0909. The molecule has 0 unspecified atom stereocenters. The molecule has 1 heterocycles. The van der Waals surface area contributed by atoms with Gasteiger partial charge in [-0.3, -0.25) is 4.72 Å². The molecule has 19 heavy (non-hydrogen) atoms. The summed E-state index contributed by atoms with van der Waals surface area (Å²) in [6.45, 7) is 1.50. The first-order chi connectivity index (χ1) is 8.90. The molecule has 0 bridgehead atoms. The topological polar surface area (TPSA) is 72.0 Å². The van der Waals surface area contributed by atoms with Gasteiger partial charge in [-0.2, -0.15) is 0 Å². The second-order valence-corrected chi connectivity index (χ2v) is 5.72. The summed E-state index contributed by atoms with van der Waals surface area (Å²) in [7, 11) is -3.89. The molecule has 1 N–H and O–H groups in total. The van der Waals surface area contributed by atoms with Crippen molar-refractivity contribution >= 4 is 27.4 Å². The fourth-order valence-corrected chi connectivity index (χ4v) is 2.94. The Balaban J connectivity index is 2.41. The summed E-state index contributed by atoms with van der Waals surface area (Å²) in [5, 5.41) is -0.0640. The minimum absolute atomic E-state index is 0.0457. The first kappa shape index (κ1) is 13.7. The highest BCUT2D eigenvalue weighted by Gasteiger charge is 2.19. The summed E-state index contributed by atoms with van der Waals surface area (Å²) >= 11 is 5.72. The Morgan fingerprint density at radius 3 is 2.58 bits per heavy atom. The van der Waals surface area contributed by atoms with Gasteiger partial charge in [0, 0.05) is 12.4 Å². The van der Waals surface area contributed by atoms with Crippen molar-refractivity contribution in [2.24, 2.45) is 0 Å². The van der Waals surface area contributed by atoms with Gasteiger partial charge in [-0.05, 0) is 30.7 Å². The number of rotatable bonds is 3. The molecular weight excluding hydrogens is 293 g/mol. The van der Waals surface area contributed by atoms with E-state index >= 15 is 0 Å². The smallest absolute Gasteiger partial charge is 0.261 e. The molecule has 2 rings (SSSR count). The molecule has 0 saturated carbocycles. The highest BCUT2D eigenvalue weighted by Crippen LogP contribution is 2.22. The lowest BCUT2D eigenvalue weighted by Crippen LogP contribution is -2.15. The average Bonchev–Trinajstić information content (AvgIpc) is 2.31. The molecule has 1 aromatic carbocycles. The molecule has 2 aromatic rings. The largest absolute Gasteiger partial charge is 0.263 e. The standard InChI is InChI=1S/C11H9ClFN3O2S/c1-7-6-8(13)2-3-9(7)19(17,18)16-11-10(12)14-4-5-15-11/h2-6H,1H3,(H,15,16). The summed E-state index contributed by atoms with van der Waals surface area (Å²) in [6.07, 6.45) is 2.64. The molecule has 8 heteroatoms. The van der Waals surface area contributed by atoms with Crippen molar-refractivity contribution in [3.05, 3.63) is 47.1 Å². The van der Waals surface area contributed by atoms with E-state index in [9.17, 15) is 12.8 Å². The van der Waals surface area contributed by atoms with Gasteiger partial charge >= 0.3 is 0 Å². The minimum Gasteiger partial charge on any atom is -0.261 e. The number of anilines is 1. The Bertz CT molecular complexity index is 722. The van der Waals surface area contributed by atoms with E-state index < -0.39 is 15.8 Å². The average molecular weight is 302 g/mol. The van der Waals surface area contributed by atoms with Crippen molar-refractivity contribution in [2.75, 3.05) is 4.72 Å². The lowest BCUT2D eigenvalue weighted by molar-refractivity contribution is 0.598. The van der Waals surface area contributed by atoms with Gasteiger partial charge in [0.25, 0.3) is 10.0 Å². The van der Waals surface area contributed by atoms with Crippen molar-refractivity contribution in [2.45, 2.75) is 11.8 Å². The lowest BCUT2D eigenvalue weighted by atomic mass is 10.2. The lowest BCUT2D eigenvalue weighted by Gasteiger charge is -2.10. The van der Waals surface area contributed by atoms with Gasteiger partial charge in [-0.15, -0.1) is 0 Å². The number of nitrogens with one attached hydrogen (secondary N) is 1. The van der Waals surface area contributed by atoms with Crippen LogP contribution in [-0.2, 0) is 10.0 Å². The molecule has 0 fully saturated rings. The van der Waals surface area contributed by atoms with Crippen molar-refractivity contribution in [3.8, 4) is 0 Å². The van der Waals surface area contributed by atoms with Crippen LogP contribution in [0.15, 0.2) is 35.5 Å². The van der Waals surface area contributed by atoms with Crippen molar-refractivity contribution in [1.29, 1.82) is 0 Å². The van der Waals surface area contributed by atoms with E-state index in [0.29, 0.717) is 0 Å². The van der Waals surface area contributed by atoms with E-state index in [1.54, 1.807) is 0 Å². The number of nitrogens with zero attached hydrogens (tertiary/aromatic N) is 2. The van der Waals surface area contributed by atoms with Gasteiger partial charge < -0.3 is 0 Å². The molecule has 0 aliphatic heterocycles. The second kappa shape index (κ2) is 5.10. The molecule has 0 atom stereocenters. The van der Waals surface area contributed by atoms with E-state index in [-0.39, 0.29) is 21.4 Å². The van der Waals surface area contributed by atoms with Crippen molar-refractivity contribution < 1.29 is 12.8 Å². The first-order valence-electron chi connectivity index (χ1n) is 5.15. The number of hydrogen-bond donors (Lipinski definition) is 1. The summed E-state index contributed by atoms with van der Waals surface area (Å²) < 4.78 is 39.4. The van der Waals surface area contributed by atoms with E-state index in [0.717, 1.165) is 12.1 Å². The summed E-state index contributed by atoms with van der Waals surface area (Å²) in [5.74, 6) is -0.582. The monoisotopic (exact) mass is 301 g/mol. The molecule has 0 radical (unpaired) electrons. The number of benzene rings is 1. The zero-order chi connectivity index (χ0) is 14.0. The SMILES string of the molecule is Cc1cc(F)ccc1S(=O)(=O)Nc1nccnc1Cl. The van der Waals surface area contributed by atoms with Crippen LogP contribution in [0.3, 0.4) is 0 Å². The number of aryl methyl sites for hydroxylation is 1. The predicted octanol–water partition coefficient (Wildman–Crippen LogP) is 2.38. The normalized spacial score (nSPS) is 11.3. The molecule has 0 aliphatic carbocycles. The van der Waals surface area contributed by atoms with Crippen LogP contribution < -0.4 is 4.72 Å². The molecule has 5 nitrogen and oxygen atoms in total. The third kappa shape index (κ3) is 2.99. The van der Waals surface area contributed by atoms with Gasteiger partial charge in [-0.25, -0.2) is 22.8 Å². The van der Waals surface area contributed by atoms with Crippen LogP contribution in [0.5, 0.6) is 0 Å². The maximum Gasteiger partial charge on any atom is 0.263 e. The first-order valence-corrected chi connectivity index (χ1v) is 7.02. The number of hydrogen-bond acceptors (Lipinski definition) is 4. The van der Waals surface area contributed by atoms with Crippen LogP contribution >= 0.6 is 11.6 Å². The second-order valence-electron chi connectivity index (χ2n) is 3.71. The maximum atomic E-state index is 13.0. The molecule has 0 amide bonds. The summed E-state index contributed by atoms with van der Waals surface area (Å²) in [6, 6.07) is 3.38. The minimum atomic E-state index is -3.89. The van der Waals surface area contributed by atoms with E-state index in [4.69, 9.17) is 11.6 Å². The third-order valence-electron chi connectivity index (χ3n) is 2.31. The number of sulfonamides is 1. The van der Waals surface area contributed by atoms with Crippen LogP contribution in [0.2, 0.25) is 5.15 Å². The van der Waals surface area contributed by atoms with Crippen LogP contribution in [0.1, 0.15) is 5.56 Å². The highest BCUT2D eigenvalue weighted by molar-refractivity contribution is 7.92. The van der Waals surface area contributed by atoms with Crippen molar-refractivity contribution in [3.63, 3.8) is 0 Å². The Kier molecular flexibility index (Phi) is 3.68. The van der Waals surface area contributed by atoms with Gasteiger partial charge in [0.05, 0.1) is 4.90 Å². The number of halogens is 2. The van der Waals surface area contributed by atoms with Gasteiger partial charge in [0.1, 0.15) is 5.82 Å². The Morgan fingerprint density at radius 1 is 1.26 bits per heavy atom. The molecule has 0 spiro atoms. The number of aromatic nitrogens is 2. The van der Waals surface area contributed by atoms with Gasteiger partial charge in [-0.1, -0.05) is 11.6 Å². The molecule has 0 aliphatic rings. The van der Waals surface area contributed by atoms with Gasteiger partial charge in [0.15, 0.2) is 11.0 Å². The summed E-state index contributed by atoms with van der Waals surface area (Å²) in [4.78, 5) is 7.44. The molecule has 100 valence electrons. The maximum absolute atomic E-state index is 13.0. The molecule has 0 saturated heterocycles. The van der Waals surface area contributed by atoms with E-state index in [1.165, 1.54) is 25.4 Å². The summed E-state index contributed by atoms with van der Waals surface area (Å²) in [5.41, 5.74) is 0.285. The Hall–Kier alpha value is -1.73. The van der Waals surface area contributed by atoms with Crippen LogP contribution in [0.25, 0.3) is 0 Å². The molecule has 1 aromatic heterocycles. The van der Waals surface area contributed by atoms with Gasteiger partial charge in [0.2, 0.25) is 0 Å². The Morgan fingerprint density at radius 2 is 1.95 bits per heavy atom. The van der Waals surface area contributed by atoms with Crippen LogP contribution in [-0.4, -0.2) is 18.4 Å². The van der Waals surface area contributed by atoms with E-state index in [2.05, 4.69) is 14.7 Å². The zero-order valence-electron chi connectivity index (χ0n) is 9.76. The quantitative estimate of drug-likeness (QED) is 0.945. The van der Waals surface area contributed by atoms with Crippen LogP contribution in [0.4, 0.5) is 10.2 Å². The van der Waals surface area contributed by atoms with Crippen molar-refractivity contribution in [1.82, 2.24) is 9.97 Å². The highest BCUT2D eigenvalue weighted by atomic mass is 35.5.